The highest BCUT2D eigenvalue weighted by Crippen LogP contribution is 2.34. The van der Waals surface area contributed by atoms with Gasteiger partial charge in [-0.05, 0) is 59.7 Å². The maximum Gasteiger partial charge on any atom is 0.337 e. The molecule has 0 aliphatic rings. The number of benzene rings is 3. The molecule has 2 aromatic heterocycles. The number of fused-ring (bicyclic) bond motifs is 2. The van der Waals surface area contributed by atoms with Gasteiger partial charge >= 0.3 is 6.47 Å². The Hall–Kier alpha value is -4.66. The summed E-state index contributed by atoms with van der Waals surface area (Å²) in [6.45, 7) is -0.292. The highest BCUT2D eigenvalue weighted by atomic mass is 19.3. The third-order valence-electron chi connectivity index (χ3n) is 5.18. The van der Waals surface area contributed by atoms with E-state index >= 15 is 0 Å². The fourth-order valence-corrected chi connectivity index (χ4v) is 3.63. The number of hydrogen-bond donors (Lipinski definition) is 4. The Bertz CT molecular complexity index is 1410. The largest absolute Gasteiger partial charge is 0.388 e. The maximum absolute atomic E-state index is 12.8. The van der Waals surface area contributed by atoms with Crippen LogP contribution in [-0.4, -0.2) is 34.6 Å². The number of aromatic nitrogens is 3. The van der Waals surface area contributed by atoms with Gasteiger partial charge in [0.15, 0.2) is 0 Å². The first-order valence-electron chi connectivity index (χ1n) is 9.98. The van der Waals surface area contributed by atoms with Crippen LogP contribution in [0.3, 0.4) is 0 Å². The van der Waals surface area contributed by atoms with Gasteiger partial charge in [-0.3, -0.25) is 19.6 Å². The molecule has 8 nitrogen and oxygen atoms in total. The molecule has 5 rings (SSSR count). The quantitative estimate of drug-likeness (QED) is 0.283. The zero-order chi connectivity index (χ0) is 23.2. The van der Waals surface area contributed by atoms with E-state index in [2.05, 4.69) is 49.0 Å². The van der Waals surface area contributed by atoms with Crippen molar-refractivity contribution >= 4 is 45.6 Å². The lowest BCUT2D eigenvalue weighted by molar-refractivity contribution is -0.165. The zero-order valence-electron chi connectivity index (χ0n) is 17.6. The molecule has 0 saturated carbocycles. The topological polar surface area (TPSA) is 112 Å². The molecule has 0 atom stereocenters. The standard InChI is InChI=1S/C23H19N5O.CHFO2/c1-24-16-7-5-14(6-8-16)23(29)27-21-11-15(12-22-19(21)13-26-28-22)17-3-2-4-20-18(17)9-10-25-20;2-4-1-3/h2-13,24-25H,1H3,(H,26,28)(H,27,29);1H. The van der Waals surface area contributed by atoms with E-state index in [-0.39, 0.29) is 12.4 Å². The van der Waals surface area contributed by atoms with Gasteiger partial charge in [0.25, 0.3) is 5.91 Å². The summed E-state index contributed by atoms with van der Waals surface area (Å²) in [4.78, 5) is 27.0. The molecular weight excluding hydrogens is 425 g/mol. The smallest absolute Gasteiger partial charge is 0.337 e. The van der Waals surface area contributed by atoms with Crippen molar-refractivity contribution < 1.29 is 19.1 Å². The van der Waals surface area contributed by atoms with Crippen molar-refractivity contribution in [3.8, 4) is 11.1 Å². The van der Waals surface area contributed by atoms with Gasteiger partial charge in [-0.2, -0.15) is 5.10 Å². The van der Waals surface area contributed by atoms with E-state index in [1.54, 1.807) is 18.3 Å². The summed E-state index contributed by atoms with van der Waals surface area (Å²) < 4.78 is 9.85. The van der Waals surface area contributed by atoms with E-state index in [1.165, 1.54) is 0 Å². The van der Waals surface area contributed by atoms with Gasteiger partial charge in [0.05, 0.1) is 17.4 Å². The van der Waals surface area contributed by atoms with Gasteiger partial charge in [-0.1, -0.05) is 12.1 Å². The molecule has 0 aliphatic heterocycles. The number of nitrogens with one attached hydrogen (secondary N) is 4. The number of hydrogen-bond acceptors (Lipinski definition) is 5. The zero-order valence-corrected chi connectivity index (χ0v) is 17.6. The lowest BCUT2D eigenvalue weighted by atomic mass is 9.99. The van der Waals surface area contributed by atoms with E-state index in [1.807, 2.05) is 43.6 Å². The van der Waals surface area contributed by atoms with Crippen molar-refractivity contribution in [3.63, 3.8) is 0 Å². The Morgan fingerprint density at radius 2 is 1.85 bits per heavy atom. The number of anilines is 2. The Labute approximate surface area is 187 Å². The summed E-state index contributed by atoms with van der Waals surface area (Å²) in [6.07, 6.45) is 3.66. The molecule has 5 aromatic rings. The van der Waals surface area contributed by atoms with Gasteiger partial charge in [-0.25, -0.2) is 0 Å². The van der Waals surface area contributed by atoms with Crippen LogP contribution in [0.4, 0.5) is 15.9 Å². The van der Waals surface area contributed by atoms with E-state index < -0.39 is 0 Å². The Morgan fingerprint density at radius 3 is 2.58 bits per heavy atom. The molecular formula is C24H20FN5O3. The number of amides is 1. The second-order valence-corrected chi connectivity index (χ2v) is 7.07. The molecule has 4 N–H and O–H groups in total. The average Bonchev–Trinajstić information content (AvgIpc) is 3.53. The van der Waals surface area contributed by atoms with Crippen LogP contribution in [-0.2, 0) is 9.74 Å². The average molecular weight is 445 g/mol. The van der Waals surface area contributed by atoms with Crippen LogP contribution in [0.15, 0.2) is 73.1 Å². The van der Waals surface area contributed by atoms with Crippen LogP contribution < -0.4 is 10.6 Å². The number of rotatable bonds is 5. The predicted molar refractivity (Wildman–Crippen MR) is 126 cm³/mol. The number of carbonyl (C=O) groups excluding carboxylic acids is 2. The number of carbonyl (C=O) groups is 2. The molecule has 0 spiro atoms. The number of aromatic amines is 2. The molecule has 0 aliphatic carbocycles. The summed E-state index contributed by atoms with van der Waals surface area (Å²) >= 11 is 0. The minimum atomic E-state index is -0.292. The van der Waals surface area contributed by atoms with Crippen LogP contribution in [0.2, 0.25) is 0 Å². The SMILES string of the molecule is CNc1ccc(C(=O)Nc2cc(-c3cccc4[nH]ccc34)cc3[nH]ncc23)cc1.O=COF. The molecule has 0 radical (unpaired) electrons. The van der Waals surface area contributed by atoms with Crippen molar-refractivity contribution in [1.29, 1.82) is 0 Å². The summed E-state index contributed by atoms with van der Waals surface area (Å²) in [5.41, 5.74) is 6.32. The number of H-pyrrole nitrogens is 2. The molecule has 9 heteroatoms. The molecule has 1 amide bonds. The Morgan fingerprint density at radius 1 is 1.06 bits per heavy atom. The predicted octanol–water partition coefficient (Wildman–Crippen LogP) is 5.05. The highest BCUT2D eigenvalue weighted by molar-refractivity contribution is 6.10. The van der Waals surface area contributed by atoms with Gasteiger partial charge in [0.2, 0.25) is 0 Å². The monoisotopic (exact) mass is 445 g/mol. The van der Waals surface area contributed by atoms with E-state index in [0.717, 1.165) is 44.3 Å². The van der Waals surface area contributed by atoms with Crippen molar-refractivity contribution in [3.05, 3.63) is 78.6 Å². The third-order valence-corrected chi connectivity index (χ3v) is 5.18. The number of nitrogens with zero attached hydrogens (tertiary/aromatic N) is 1. The van der Waals surface area contributed by atoms with Gasteiger partial charge in [-0.15, -0.1) is 0 Å². The minimum absolute atomic E-state index is 0.160. The molecule has 0 fully saturated rings. The molecule has 0 bridgehead atoms. The lowest BCUT2D eigenvalue weighted by Gasteiger charge is -2.11. The van der Waals surface area contributed by atoms with Crippen molar-refractivity contribution in [2.75, 3.05) is 17.7 Å². The second kappa shape index (κ2) is 9.65. The first-order valence-corrected chi connectivity index (χ1v) is 9.98. The second-order valence-electron chi connectivity index (χ2n) is 7.07. The Kier molecular flexibility index (Phi) is 6.31. The van der Waals surface area contributed by atoms with Crippen LogP contribution in [0.5, 0.6) is 0 Å². The molecule has 33 heavy (non-hydrogen) atoms. The van der Waals surface area contributed by atoms with Crippen LogP contribution >= 0.6 is 0 Å². The van der Waals surface area contributed by atoms with Gasteiger partial charge < -0.3 is 15.6 Å². The van der Waals surface area contributed by atoms with Crippen LogP contribution in [0, 0.1) is 0 Å². The molecule has 166 valence electrons. The fraction of sp³-hybridized carbons (Fsp3) is 0.0417. The third kappa shape index (κ3) is 4.52. The fourth-order valence-electron chi connectivity index (χ4n) is 3.63. The molecule has 0 unspecified atom stereocenters. The van der Waals surface area contributed by atoms with E-state index in [4.69, 9.17) is 4.79 Å². The summed E-state index contributed by atoms with van der Waals surface area (Å²) in [5, 5.41) is 15.3. The minimum Gasteiger partial charge on any atom is -0.388 e. The highest BCUT2D eigenvalue weighted by Gasteiger charge is 2.13. The lowest BCUT2D eigenvalue weighted by Crippen LogP contribution is -2.12. The summed E-state index contributed by atoms with van der Waals surface area (Å²) in [5.74, 6) is -0.160. The first kappa shape index (κ1) is 21.6. The van der Waals surface area contributed by atoms with Crippen LogP contribution in [0.25, 0.3) is 32.9 Å². The van der Waals surface area contributed by atoms with Crippen LogP contribution in [0.1, 0.15) is 10.4 Å². The summed E-state index contributed by atoms with van der Waals surface area (Å²) in [6, 6.07) is 19.6. The Balaban J connectivity index is 0.000000601. The van der Waals surface area contributed by atoms with Gasteiger partial charge in [0, 0.05) is 45.3 Å². The summed E-state index contributed by atoms with van der Waals surface area (Å²) in [7, 11) is 1.85. The van der Waals surface area contributed by atoms with E-state index in [0.29, 0.717) is 5.56 Å². The number of halogens is 1. The van der Waals surface area contributed by atoms with Crippen molar-refractivity contribution in [2.24, 2.45) is 0 Å². The van der Waals surface area contributed by atoms with Crippen molar-refractivity contribution in [2.45, 2.75) is 0 Å². The van der Waals surface area contributed by atoms with E-state index in [9.17, 15) is 9.32 Å². The molecule has 3 aromatic carbocycles. The van der Waals surface area contributed by atoms with Gasteiger partial charge in [0.1, 0.15) is 0 Å². The first-order chi connectivity index (χ1) is 16.1. The molecule has 0 saturated heterocycles. The normalized spacial score (nSPS) is 10.4. The van der Waals surface area contributed by atoms with Crippen molar-refractivity contribution in [1.82, 2.24) is 15.2 Å². The molecule has 2 heterocycles. The maximum atomic E-state index is 12.8.